The average Bonchev–Trinajstić information content (AvgIpc) is 3.06. The number of carbonyl (C=O) groups is 1. The van der Waals surface area contributed by atoms with Gasteiger partial charge >= 0.3 is 6.03 Å². The van der Waals surface area contributed by atoms with E-state index >= 15 is 0 Å². The molecular weight excluding hydrogens is 320 g/mol. The zero-order valence-corrected chi connectivity index (χ0v) is 14.4. The normalized spacial score (nSPS) is 13.2. The van der Waals surface area contributed by atoms with Crippen molar-refractivity contribution in [2.24, 2.45) is 0 Å². The quantitative estimate of drug-likeness (QED) is 0.847. The van der Waals surface area contributed by atoms with Crippen molar-refractivity contribution >= 4 is 6.03 Å². The second kappa shape index (κ2) is 7.79. The molecule has 6 heteroatoms. The van der Waals surface area contributed by atoms with Gasteiger partial charge in [0.25, 0.3) is 0 Å². The van der Waals surface area contributed by atoms with Crippen LogP contribution in [0.25, 0.3) is 0 Å². The maximum atomic E-state index is 12.0. The third kappa shape index (κ3) is 4.79. The highest BCUT2D eigenvalue weighted by molar-refractivity contribution is 5.74. The molecule has 1 aliphatic heterocycles. The highest BCUT2D eigenvalue weighted by Crippen LogP contribution is 2.32. The van der Waals surface area contributed by atoms with E-state index in [1.807, 2.05) is 56.3 Å². The number of ether oxygens (including phenoxy) is 3. The van der Waals surface area contributed by atoms with E-state index in [-0.39, 0.29) is 18.9 Å². The first-order chi connectivity index (χ1) is 12.1. The molecule has 0 saturated carbocycles. The number of amides is 2. The van der Waals surface area contributed by atoms with Gasteiger partial charge in [0.15, 0.2) is 11.5 Å². The molecule has 0 bridgehead atoms. The molecular formula is C19H22N2O4. The fourth-order valence-corrected chi connectivity index (χ4v) is 2.48. The lowest BCUT2D eigenvalue weighted by Gasteiger charge is -2.16. The zero-order valence-electron chi connectivity index (χ0n) is 14.4. The van der Waals surface area contributed by atoms with Crippen molar-refractivity contribution in [3.63, 3.8) is 0 Å². The highest BCUT2D eigenvalue weighted by Gasteiger charge is 2.14. The summed E-state index contributed by atoms with van der Waals surface area (Å²) in [7, 11) is 0. The molecule has 1 heterocycles. The Balaban J connectivity index is 1.41. The number of rotatable bonds is 6. The van der Waals surface area contributed by atoms with Crippen molar-refractivity contribution in [2.75, 3.05) is 13.4 Å². The molecule has 0 saturated heterocycles. The standard InChI is InChI=1S/C19H22N2O4/c1-13-4-3-5-16(8-13)23-11-14(2)21-19(22)20-10-15-6-7-17-18(9-15)25-12-24-17/h3-9,14H,10-12H2,1-2H3,(H2,20,21,22). The molecule has 25 heavy (non-hydrogen) atoms. The molecule has 1 aliphatic rings. The summed E-state index contributed by atoms with van der Waals surface area (Å²) >= 11 is 0. The molecule has 0 fully saturated rings. The van der Waals surface area contributed by atoms with Crippen molar-refractivity contribution in [3.05, 3.63) is 53.6 Å². The van der Waals surface area contributed by atoms with Gasteiger partial charge < -0.3 is 24.8 Å². The van der Waals surface area contributed by atoms with Gasteiger partial charge in [-0.3, -0.25) is 0 Å². The van der Waals surface area contributed by atoms with Gasteiger partial charge in [0.2, 0.25) is 6.79 Å². The number of aryl methyl sites for hydroxylation is 1. The van der Waals surface area contributed by atoms with Crippen LogP contribution in [-0.4, -0.2) is 25.5 Å². The molecule has 2 aromatic rings. The van der Waals surface area contributed by atoms with Crippen LogP contribution in [0.4, 0.5) is 4.79 Å². The van der Waals surface area contributed by atoms with Gasteiger partial charge in [-0.05, 0) is 49.2 Å². The second-order valence-electron chi connectivity index (χ2n) is 6.04. The van der Waals surface area contributed by atoms with Gasteiger partial charge in [0.05, 0.1) is 6.04 Å². The van der Waals surface area contributed by atoms with Crippen LogP contribution in [-0.2, 0) is 6.54 Å². The molecule has 0 aromatic heterocycles. The number of urea groups is 1. The van der Waals surface area contributed by atoms with E-state index in [0.29, 0.717) is 18.9 Å². The molecule has 0 aliphatic carbocycles. The predicted molar refractivity (Wildman–Crippen MR) is 94.1 cm³/mol. The summed E-state index contributed by atoms with van der Waals surface area (Å²) < 4.78 is 16.3. The summed E-state index contributed by atoms with van der Waals surface area (Å²) in [5.41, 5.74) is 2.09. The Labute approximate surface area is 147 Å². The molecule has 6 nitrogen and oxygen atoms in total. The van der Waals surface area contributed by atoms with Crippen molar-refractivity contribution in [2.45, 2.75) is 26.4 Å². The maximum Gasteiger partial charge on any atom is 0.315 e. The van der Waals surface area contributed by atoms with Crippen molar-refractivity contribution < 1.29 is 19.0 Å². The topological polar surface area (TPSA) is 68.8 Å². The summed E-state index contributed by atoms with van der Waals surface area (Å²) in [4.78, 5) is 12.0. The Bertz CT molecular complexity index is 748. The van der Waals surface area contributed by atoms with E-state index in [0.717, 1.165) is 22.6 Å². The summed E-state index contributed by atoms with van der Waals surface area (Å²) in [6.45, 7) is 4.97. The first-order valence-electron chi connectivity index (χ1n) is 8.22. The fraction of sp³-hybridized carbons (Fsp3) is 0.316. The molecule has 3 rings (SSSR count). The molecule has 0 spiro atoms. The van der Waals surface area contributed by atoms with Crippen molar-refractivity contribution in [1.82, 2.24) is 10.6 Å². The minimum Gasteiger partial charge on any atom is -0.491 e. The van der Waals surface area contributed by atoms with Gasteiger partial charge in [-0.25, -0.2) is 4.79 Å². The number of benzene rings is 2. The molecule has 1 unspecified atom stereocenters. The molecule has 1 atom stereocenters. The van der Waals surface area contributed by atoms with Crippen LogP contribution in [0.3, 0.4) is 0 Å². The Morgan fingerprint density at radius 1 is 1.20 bits per heavy atom. The van der Waals surface area contributed by atoms with Gasteiger partial charge in [-0.15, -0.1) is 0 Å². The van der Waals surface area contributed by atoms with E-state index < -0.39 is 0 Å². The van der Waals surface area contributed by atoms with Gasteiger partial charge in [0, 0.05) is 6.54 Å². The lowest BCUT2D eigenvalue weighted by Crippen LogP contribution is -2.42. The van der Waals surface area contributed by atoms with Crippen LogP contribution >= 0.6 is 0 Å². The number of fused-ring (bicyclic) bond motifs is 1. The molecule has 2 aromatic carbocycles. The number of carbonyl (C=O) groups excluding carboxylic acids is 1. The third-order valence-electron chi connectivity index (χ3n) is 3.76. The molecule has 132 valence electrons. The predicted octanol–water partition coefficient (Wildman–Crippen LogP) is 2.99. The van der Waals surface area contributed by atoms with Crippen LogP contribution in [0.1, 0.15) is 18.1 Å². The first-order valence-corrected chi connectivity index (χ1v) is 8.22. The maximum absolute atomic E-state index is 12.0. The summed E-state index contributed by atoms with van der Waals surface area (Å²) in [5, 5.41) is 5.68. The lowest BCUT2D eigenvalue weighted by atomic mass is 10.2. The van der Waals surface area contributed by atoms with Crippen LogP contribution in [0, 0.1) is 6.92 Å². The van der Waals surface area contributed by atoms with Gasteiger partial charge in [-0.2, -0.15) is 0 Å². The Kier molecular flexibility index (Phi) is 5.28. The van der Waals surface area contributed by atoms with Gasteiger partial charge in [-0.1, -0.05) is 18.2 Å². The minimum atomic E-state index is -0.238. The van der Waals surface area contributed by atoms with Crippen LogP contribution < -0.4 is 24.8 Å². The average molecular weight is 342 g/mol. The monoisotopic (exact) mass is 342 g/mol. The SMILES string of the molecule is Cc1cccc(OCC(C)NC(=O)NCc2ccc3c(c2)OCO3)c1. The minimum absolute atomic E-state index is 0.114. The third-order valence-corrected chi connectivity index (χ3v) is 3.76. The smallest absolute Gasteiger partial charge is 0.315 e. The van der Waals surface area contributed by atoms with Crippen LogP contribution in [0.15, 0.2) is 42.5 Å². The van der Waals surface area contributed by atoms with E-state index in [1.165, 1.54) is 0 Å². The summed E-state index contributed by atoms with van der Waals surface area (Å²) in [6.07, 6.45) is 0. The Morgan fingerprint density at radius 2 is 2.04 bits per heavy atom. The first kappa shape index (κ1) is 17.0. The zero-order chi connectivity index (χ0) is 17.6. The number of hydrogen-bond acceptors (Lipinski definition) is 4. The van der Waals surface area contributed by atoms with Crippen LogP contribution in [0.5, 0.6) is 17.2 Å². The number of nitrogens with one attached hydrogen (secondary N) is 2. The fourth-order valence-electron chi connectivity index (χ4n) is 2.48. The van der Waals surface area contributed by atoms with E-state index in [2.05, 4.69) is 10.6 Å². The lowest BCUT2D eigenvalue weighted by molar-refractivity contribution is 0.174. The molecule has 2 amide bonds. The summed E-state index contributed by atoms with van der Waals surface area (Å²) in [5.74, 6) is 2.24. The van der Waals surface area contributed by atoms with Crippen molar-refractivity contribution in [1.29, 1.82) is 0 Å². The second-order valence-corrected chi connectivity index (χ2v) is 6.04. The Hall–Kier alpha value is -2.89. The Morgan fingerprint density at radius 3 is 2.88 bits per heavy atom. The van der Waals surface area contributed by atoms with Gasteiger partial charge in [0.1, 0.15) is 12.4 Å². The number of hydrogen-bond donors (Lipinski definition) is 2. The van der Waals surface area contributed by atoms with E-state index in [1.54, 1.807) is 0 Å². The van der Waals surface area contributed by atoms with Crippen LogP contribution in [0.2, 0.25) is 0 Å². The van der Waals surface area contributed by atoms with E-state index in [4.69, 9.17) is 14.2 Å². The summed E-state index contributed by atoms with van der Waals surface area (Å²) in [6, 6.07) is 13.1. The largest absolute Gasteiger partial charge is 0.491 e. The highest BCUT2D eigenvalue weighted by atomic mass is 16.7. The van der Waals surface area contributed by atoms with E-state index in [9.17, 15) is 4.79 Å². The van der Waals surface area contributed by atoms with Crippen molar-refractivity contribution in [3.8, 4) is 17.2 Å². The molecule has 2 N–H and O–H groups in total. The molecule has 0 radical (unpaired) electrons.